The van der Waals surface area contributed by atoms with Gasteiger partial charge in [-0.05, 0) is 18.4 Å². The Morgan fingerprint density at radius 3 is 2.67 bits per heavy atom. The summed E-state index contributed by atoms with van der Waals surface area (Å²) in [7, 11) is 1.94. The van der Waals surface area contributed by atoms with Gasteiger partial charge in [-0.25, -0.2) is 0 Å². The molecule has 12 heavy (non-hydrogen) atoms. The first kappa shape index (κ1) is 9.26. The smallest absolute Gasteiger partial charge is 0.0630 e. The van der Waals surface area contributed by atoms with Crippen LogP contribution in [0.3, 0.4) is 0 Å². The molecular weight excluding hydrogens is 150 g/mol. The summed E-state index contributed by atoms with van der Waals surface area (Å²) in [6, 6.07) is 2.08. The van der Waals surface area contributed by atoms with Crippen LogP contribution in [0.1, 0.15) is 25.2 Å². The Hall–Kier alpha value is -0.830. The molecule has 0 amide bonds. The maximum Gasteiger partial charge on any atom is 0.0630 e. The van der Waals surface area contributed by atoms with Crippen molar-refractivity contribution in [3.63, 3.8) is 0 Å². The van der Waals surface area contributed by atoms with Gasteiger partial charge in [0, 0.05) is 13.6 Å². The highest BCUT2D eigenvalue weighted by atomic mass is 15.3. The molecule has 0 aromatic carbocycles. The van der Waals surface area contributed by atoms with Crippen molar-refractivity contribution < 1.29 is 0 Å². The SMILES string of the molecule is CC(C)Cc1cc(CN)n(C)n1. The van der Waals surface area contributed by atoms with Crippen LogP contribution in [0.2, 0.25) is 0 Å². The Kier molecular flexibility index (Phi) is 2.87. The summed E-state index contributed by atoms with van der Waals surface area (Å²) < 4.78 is 1.86. The number of nitrogens with two attached hydrogens (primary N) is 1. The van der Waals surface area contributed by atoms with E-state index >= 15 is 0 Å². The monoisotopic (exact) mass is 167 g/mol. The van der Waals surface area contributed by atoms with Crippen LogP contribution < -0.4 is 5.73 Å². The molecule has 0 saturated heterocycles. The van der Waals surface area contributed by atoms with E-state index in [9.17, 15) is 0 Å². The van der Waals surface area contributed by atoms with E-state index in [4.69, 9.17) is 5.73 Å². The Balaban J connectivity index is 2.75. The lowest BCUT2D eigenvalue weighted by atomic mass is 10.1. The van der Waals surface area contributed by atoms with Crippen LogP contribution in [-0.2, 0) is 20.0 Å². The summed E-state index contributed by atoms with van der Waals surface area (Å²) in [5.74, 6) is 0.658. The Bertz CT molecular complexity index is 250. The lowest BCUT2D eigenvalue weighted by Gasteiger charge is -1.98. The minimum absolute atomic E-state index is 0.571. The first-order chi connectivity index (χ1) is 5.63. The Morgan fingerprint density at radius 2 is 2.25 bits per heavy atom. The van der Waals surface area contributed by atoms with Crippen LogP contribution in [0.25, 0.3) is 0 Å². The average molecular weight is 167 g/mol. The normalized spacial score (nSPS) is 11.1. The van der Waals surface area contributed by atoms with Crippen LogP contribution in [0.4, 0.5) is 0 Å². The summed E-state index contributed by atoms with van der Waals surface area (Å²) >= 11 is 0. The molecule has 0 unspecified atom stereocenters. The highest BCUT2D eigenvalue weighted by Gasteiger charge is 2.04. The minimum Gasteiger partial charge on any atom is -0.325 e. The highest BCUT2D eigenvalue weighted by molar-refractivity contribution is 5.10. The number of hydrogen-bond acceptors (Lipinski definition) is 2. The molecule has 2 N–H and O–H groups in total. The van der Waals surface area contributed by atoms with Crippen molar-refractivity contribution in [1.29, 1.82) is 0 Å². The van der Waals surface area contributed by atoms with Crippen molar-refractivity contribution in [2.45, 2.75) is 26.8 Å². The Labute approximate surface area is 73.6 Å². The maximum atomic E-state index is 5.53. The van der Waals surface area contributed by atoms with Gasteiger partial charge >= 0.3 is 0 Å². The number of aromatic nitrogens is 2. The molecule has 0 aliphatic carbocycles. The summed E-state index contributed by atoms with van der Waals surface area (Å²) in [6.07, 6.45) is 1.04. The van der Waals surface area contributed by atoms with Gasteiger partial charge in [-0.1, -0.05) is 13.8 Å². The van der Waals surface area contributed by atoms with Gasteiger partial charge in [0.15, 0.2) is 0 Å². The maximum absolute atomic E-state index is 5.53. The first-order valence-electron chi connectivity index (χ1n) is 4.35. The zero-order valence-electron chi connectivity index (χ0n) is 8.04. The Morgan fingerprint density at radius 1 is 1.58 bits per heavy atom. The van der Waals surface area contributed by atoms with E-state index in [0.717, 1.165) is 17.8 Å². The van der Waals surface area contributed by atoms with E-state index in [1.54, 1.807) is 0 Å². The van der Waals surface area contributed by atoms with Crippen molar-refractivity contribution in [3.05, 3.63) is 17.5 Å². The number of hydrogen-bond donors (Lipinski definition) is 1. The molecule has 68 valence electrons. The second-order valence-electron chi connectivity index (χ2n) is 3.55. The first-order valence-corrected chi connectivity index (χ1v) is 4.35. The molecule has 0 saturated carbocycles. The van der Waals surface area contributed by atoms with Gasteiger partial charge in [0.05, 0.1) is 11.4 Å². The minimum atomic E-state index is 0.571. The van der Waals surface area contributed by atoms with Gasteiger partial charge in [0.1, 0.15) is 0 Å². The molecule has 0 aliphatic heterocycles. The van der Waals surface area contributed by atoms with Crippen LogP contribution in [-0.4, -0.2) is 9.78 Å². The van der Waals surface area contributed by atoms with Crippen molar-refractivity contribution in [3.8, 4) is 0 Å². The van der Waals surface area contributed by atoms with E-state index in [-0.39, 0.29) is 0 Å². The molecule has 3 nitrogen and oxygen atoms in total. The number of aryl methyl sites for hydroxylation is 1. The fourth-order valence-corrected chi connectivity index (χ4v) is 1.28. The molecule has 0 fully saturated rings. The van der Waals surface area contributed by atoms with Crippen LogP contribution >= 0.6 is 0 Å². The van der Waals surface area contributed by atoms with Crippen molar-refractivity contribution >= 4 is 0 Å². The standard InChI is InChI=1S/C9H17N3/c1-7(2)4-8-5-9(6-10)12(3)11-8/h5,7H,4,6,10H2,1-3H3. The summed E-state index contributed by atoms with van der Waals surface area (Å²) in [5.41, 5.74) is 7.78. The predicted molar refractivity (Wildman–Crippen MR) is 49.6 cm³/mol. The second-order valence-corrected chi connectivity index (χ2v) is 3.55. The summed E-state index contributed by atoms with van der Waals surface area (Å²) in [4.78, 5) is 0. The van der Waals surface area contributed by atoms with E-state index < -0.39 is 0 Å². The van der Waals surface area contributed by atoms with Crippen molar-refractivity contribution in [1.82, 2.24) is 9.78 Å². The van der Waals surface area contributed by atoms with Gasteiger partial charge in [0.25, 0.3) is 0 Å². The van der Waals surface area contributed by atoms with Crippen molar-refractivity contribution in [2.75, 3.05) is 0 Å². The third kappa shape index (κ3) is 2.08. The molecule has 1 aromatic heterocycles. The van der Waals surface area contributed by atoms with Gasteiger partial charge in [0.2, 0.25) is 0 Å². The van der Waals surface area contributed by atoms with Gasteiger partial charge in [-0.15, -0.1) is 0 Å². The molecule has 1 heterocycles. The molecular formula is C9H17N3. The molecule has 0 atom stereocenters. The van der Waals surface area contributed by atoms with Crippen LogP contribution in [0.5, 0.6) is 0 Å². The highest BCUT2D eigenvalue weighted by Crippen LogP contribution is 2.07. The van der Waals surface area contributed by atoms with E-state index in [1.807, 2.05) is 11.7 Å². The van der Waals surface area contributed by atoms with Gasteiger partial charge in [-0.2, -0.15) is 5.10 Å². The van der Waals surface area contributed by atoms with Gasteiger partial charge in [-0.3, -0.25) is 4.68 Å². The predicted octanol–water partition coefficient (Wildman–Crippen LogP) is 1.08. The zero-order chi connectivity index (χ0) is 9.14. The summed E-state index contributed by atoms with van der Waals surface area (Å²) in [6.45, 7) is 4.95. The fourth-order valence-electron chi connectivity index (χ4n) is 1.28. The second kappa shape index (κ2) is 3.72. The average Bonchev–Trinajstić information content (AvgIpc) is 2.29. The molecule has 1 aromatic rings. The molecule has 0 bridgehead atoms. The fraction of sp³-hybridized carbons (Fsp3) is 0.667. The lowest BCUT2D eigenvalue weighted by molar-refractivity contribution is 0.617. The summed E-state index contributed by atoms with van der Waals surface area (Å²) in [5, 5.41) is 4.36. The molecule has 3 heteroatoms. The number of rotatable bonds is 3. The topological polar surface area (TPSA) is 43.8 Å². The largest absolute Gasteiger partial charge is 0.325 e. The van der Waals surface area contributed by atoms with E-state index in [2.05, 4.69) is 25.0 Å². The van der Waals surface area contributed by atoms with Crippen molar-refractivity contribution in [2.24, 2.45) is 18.7 Å². The third-order valence-corrected chi connectivity index (χ3v) is 1.85. The van der Waals surface area contributed by atoms with E-state index in [0.29, 0.717) is 12.5 Å². The van der Waals surface area contributed by atoms with E-state index in [1.165, 1.54) is 0 Å². The third-order valence-electron chi connectivity index (χ3n) is 1.85. The number of nitrogens with zero attached hydrogens (tertiary/aromatic N) is 2. The molecule has 0 aliphatic rings. The molecule has 0 radical (unpaired) electrons. The van der Waals surface area contributed by atoms with Gasteiger partial charge < -0.3 is 5.73 Å². The lowest BCUT2D eigenvalue weighted by Crippen LogP contribution is -2.03. The molecule has 1 rings (SSSR count). The van der Waals surface area contributed by atoms with Crippen LogP contribution in [0, 0.1) is 5.92 Å². The molecule has 0 spiro atoms. The zero-order valence-corrected chi connectivity index (χ0v) is 8.04. The quantitative estimate of drug-likeness (QED) is 0.732. The van der Waals surface area contributed by atoms with Crippen LogP contribution in [0.15, 0.2) is 6.07 Å².